The van der Waals surface area contributed by atoms with Gasteiger partial charge in [0.2, 0.25) is 5.82 Å². The molecule has 114 valence electrons. The Hall–Kier alpha value is -2.09. The third kappa shape index (κ3) is 2.85. The van der Waals surface area contributed by atoms with Crippen LogP contribution in [0.4, 0.5) is 14.5 Å². The molecule has 0 saturated carbocycles. The van der Waals surface area contributed by atoms with Crippen LogP contribution in [-0.4, -0.2) is 41.5 Å². The Balaban J connectivity index is 2.37. The summed E-state index contributed by atoms with van der Waals surface area (Å²) in [5, 5.41) is 10.7. The van der Waals surface area contributed by atoms with Gasteiger partial charge >= 0.3 is 5.69 Å². The van der Waals surface area contributed by atoms with E-state index in [1.807, 2.05) is 0 Å². The Morgan fingerprint density at radius 3 is 2.67 bits per heavy atom. The third-order valence-corrected chi connectivity index (χ3v) is 3.60. The van der Waals surface area contributed by atoms with E-state index in [-0.39, 0.29) is 12.1 Å². The van der Waals surface area contributed by atoms with Gasteiger partial charge in [0.15, 0.2) is 0 Å². The molecule has 1 amide bonds. The van der Waals surface area contributed by atoms with Crippen molar-refractivity contribution in [2.45, 2.75) is 25.5 Å². The second kappa shape index (κ2) is 5.72. The van der Waals surface area contributed by atoms with E-state index >= 15 is 0 Å². The van der Waals surface area contributed by atoms with Crippen LogP contribution < -0.4 is 0 Å². The van der Waals surface area contributed by atoms with Crippen LogP contribution in [0.2, 0.25) is 0 Å². The average Bonchev–Trinajstić information content (AvgIpc) is 2.85. The van der Waals surface area contributed by atoms with E-state index in [2.05, 4.69) is 0 Å². The van der Waals surface area contributed by atoms with E-state index in [1.165, 1.54) is 11.9 Å². The molecule has 2 atom stereocenters. The van der Waals surface area contributed by atoms with Gasteiger partial charge < -0.3 is 9.64 Å². The molecule has 1 aromatic carbocycles. The number of carbonyl (C=O) groups is 1. The second-order valence-electron chi connectivity index (χ2n) is 4.89. The Morgan fingerprint density at radius 2 is 2.14 bits per heavy atom. The molecular weight excluding hydrogens is 286 g/mol. The van der Waals surface area contributed by atoms with Crippen molar-refractivity contribution in [3.63, 3.8) is 0 Å². The Labute approximate surface area is 119 Å². The van der Waals surface area contributed by atoms with Gasteiger partial charge in [-0.05, 0) is 19.4 Å². The summed E-state index contributed by atoms with van der Waals surface area (Å²) in [6.07, 6.45) is 0.341. The highest BCUT2D eigenvalue weighted by atomic mass is 19.1. The van der Waals surface area contributed by atoms with Gasteiger partial charge in [0, 0.05) is 13.7 Å². The van der Waals surface area contributed by atoms with Gasteiger partial charge in [-0.25, -0.2) is 4.39 Å². The fourth-order valence-corrected chi connectivity index (χ4v) is 2.43. The summed E-state index contributed by atoms with van der Waals surface area (Å²) in [5.74, 6) is -3.17. The first-order chi connectivity index (χ1) is 9.82. The van der Waals surface area contributed by atoms with E-state index in [1.54, 1.807) is 6.92 Å². The minimum Gasteiger partial charge on any atom is -0.376 e. The topological polar surface area (TPSA) is 72.7 Å². The largest absolute Gasteiger partial charge is 0.376 e. The predicted molar refractivity (Wildman–Crippen MR) is 68.9 cm³/mol. The number of benzene rings is 1. The summed E-state index contributed by atoms with van der Waals surface area (Å²) in [5.41, 5.74) is -1.70. The normalized spacial score (nSPS) is 21.3. The number of likely N-dealkylation sites (N-methyl/N-ethyl adjacent to an activating group) is 1. The minimum atomic E-state index is -1.33. The zero-order chi connectivity index (χ0) is 15.7. The van der Waals surface area contributed by atoms with Gasteiger partial charge in [0.05, 0.1) is 28.7 Å². The molecule has 0 aliphatic carbocycles. The number of rotatable bonds is 3. The molecule has 1 aromatic rings. The highest BCUT2D eigenvalue weighted by Gasteiger charge is 2.33. The van der Waals surface area contributed by atoms with Crippen molar-refractivity contribution >= 4 is 11.6 Å². The Morgan fingerprint density at radius 1 is 1.48 bits per heavy atom. The minimum absolute atomic E-state index is 0.231. The summed E-state index contributed by atoms with van der Waals surface area (Å²) < 4.78 is 32.7. The first-order valence-electron chi connectivity index (χ1n) is 6.35. The summed E-state index contributed by atoms with van der Waals surface area (Å²) in [4.78, 5) is 23.1. The SMILES string of the molecule is CC1OCCC1N(C)C(=O)c1cc(F)cc([N+](=O)[O-])c1F. The van der Waals surface area contributed by atoms with Crippen LogP contribution in [0.1, 0.15) is 23.7 Å². The number of carbonyl (C=O) groups excluding carboxylic acids is 1. The van der Waals surface area contributed by atoms with Gasteiger partial charge in [0.25, 0.3) is 5.91 Å². The van der Waals surface area contributed by atoms with Crippen molar-refractivity contribution in [1.82, 2.24) is 4.90 Å². The molecule has 0 bridgehead atoms. The standard InChI is InChI=1S/C13H14F2N2O4/c1-7-10(3-4-21-7)16(2)13(18)9-5-8(14)6-11(12(9)15)17(19)20/h5-7,10H,3-4H2,1-2H3. The molecule has 1 heterocycles. The lowest BCUT2D eigenvalue weighted by Gasteiger charge is -2.26. The van der Waals surface area contributed by atoms with Crippen molar-refractivity contribution in [2.75, 3.05) is 13.7 Å². The zero-order valence-corrected chi connectivity index (χ0v) is 11.5. The molecule has 1 aliphatic rings. The average molecular weight is 300 g/mol. The smallest absolute Gasteiger partial charge is 0.308 e. The predicted octanol–water partition coefficient (Wildman–Crippen LogP) is 2.12. The fraction of sp³-hybridized carbons (Fsp3) is 0.462. The second-order valence-corrected chi connectivity index (χ2v) is 4.89. The number of hydrogen-bond donors (Lipinski definition) is 0. The number of halogens is 2. The number of ether oxygens (including phenoxy) is 1. The van der Waals surface area contributed by atoms with Crippen molar-refractivity contribution in [1.29, 1.82) is 0 Å². The molecular formula is C13H14F2N2O4. The Bertz CT molecular complexity index is 594. The molecule has 2 unspecified atom stereocenters. The van der Waals surface area contributed by atoms with Crippen LogP contribution >= 0.6 is 0 Å². The molecule has 0 aromatic heterocycles. The van der Waals surface area contributed by atoms with E-state index in [9.17, 15) is 23.7 Å². The first kappa shape index (κ1) is 15.3. The quantitative estimate of drug-likeness (QED) is 0.633. The lowest BCUT2D eigenvalue weighted by molar-refractivity contribution is -0.387. The first-order valence-corrected chi connectivity index (χ1v) is 6.35. The fourth-order valence-electron chi connectivity index (χ4n) is 2.43. The molecule has 6 nitrogen and oxygen atoms in total. The van der Waals surface area contributed by atoms with Gasteiger partial charge in [-0.2, -0.15) is 4.39 Å². The zero-order valence-electron chi connectivity index (χ0n) is 11.5. The summed E-state index contributed by atoms with van der Waals surface area (Å²) in [6.45, 7) is 2.24. The maximum Gasteiger partial charge on any atom is 0.308 e. The number of amides is 1. The number of hydrogen-bond acceptors (Lipinski definition) is 4. The van der Waals surface area contributed by atoms with E-state index in [4.69, 9.17) is 4.74 Å². The van der Waals surface area contributed by atoms with Crippen LogP contribution in [0.5, 0.6) is 0 Å². The molecule has 0 spiro atoms. The molecule has 1 fully saturated rings. The van der Waals surface area contributed by atoms with Crippen LogP contribution in [0.3, 0.4) is 0 Å². The number of nitrogens with zero attached hydrogens (tertiary/aromatic N) is 2. The van der Waals surface area contributed by atoms with Crippen LogP contribution in [-0.2, 0) is 4.74 Å². The number of nitro groups is 1. The molecule has 1 aliphatic heterocycles. The maximum atomic E-state index is 14.0. The maximum absolute atomic E-state index is 14.0. The van der Waals surface area contributed by atoms with Gasteiger partial charge in [0.1, 0.15) is 5.82 Å². The molecule has 0 radical (unpaired) electrons. The van der Waals surface area contributed by atoms with Crippen molar-refractivity contribution in [2.24, 2.45) is 0 Å². The number of nitro benzene ring substituents is 1. The van der Waals surface area contributed by atoms with Crippen molar-refractivity contribution < 1.29 is 23.2 Å². The molecule has 8 heteroatoms. The van der Waals surface area contributed by atoms with E-state index in [0.29, 0.717) is 25.2 Å². The highest BCUT2D eigenvalue weighted by molar-refractivity contribution is 5.95. The van der Waals surface area contributed by atoms with Crippen molar-refractivity contribution in [3.05, 3.63) is 39.4 Å². The molecule has 2 rings (SSSR count). The summed E-state index contributed by atoms with van der Waals surface area (Å²) in [6, 6.07) is 0.842. The van der Waals surface area contributed by atoms with Crippen LogP contribution in [0.25, 0.3) is 0 Å². The molecule has 1 saturated heterocycles. The van der Waals surface area contributed by atoms with Gasteiger partial charge in [-0.3, -0.25) is 14.9 Å². The summed E-state index contributed by atoms with van der Waals surface area (Å²) in [7, 11) is 1.44. The Kier molecular flexibility index (Phi) is 4.17. The summed E-state index contributed by atoms with van der Waals surface area (Å²) >= 11 is 0. The van der Waals surface area contributed by atoms with Crippen LogP contribution in [0.15, 0.2) is 12.1 Å². The molecule has 21 heavy (non-hydrogen) atoms. The third-order valence-electron chi connectivity index (χ3n) is 3.60. The van der Waals surface area contributed by atoms with Gasteiger partial charge in [-0.15, -0.1) is 0 Å². The lowest BCUT2D eigenvalue weighted by atomic mass is 10.1. The van der Waals surface area contributed by atoms with E-state index < -0.39 is 33.7 Å². The lowest BCUT2D eigenvalue weighted by Crippen LogP contribution is -2.41. The van der Waals surface area contributed by atoms with Gasteiger partial charge in [-0.1, -0.05) is 0 Å². The van der Waals surface area contributed by atoms with Crippen LogP contribution in [0, 0.1) is 21.7 Å². The monoisotopic (exact) mass is 300 g/mol. The van der Waals surface area contributed by atoms with E-state index in [0.717, 1.165) is 0 Å². The van der Waals surface area contributed by atoms with Crippen molar-refractivity contribution in [3.8, 4) is 0 Å². The molecule has 0 N–H and O–H groups in total. The highest BCUT2D eigenvalue weighted by Crippen LogP contribution is 2.26.